The number of nitrogens with one attached hydrogen (secondary N) is 1. The molecule has 1 unspecified atom stereocenters. The van der Waals surface area contributed by atoms with Gasteiger partial charge in [-0.3, -0.25) is 0 Å². The second kappa shape index (κ2) is 6.93. The molecule has 0 saturated heterocycles. The quantitative estimate of drug-likeness (QED) is 0.537. The van der Waals surface area contributed by atoms with E-state index in [-0.39, 0.29) is 11.7 Å². The molecule has 4 nitrogen and oxygen atoms in total. The van der Waals surface area contributed by atoms with Crippen molar-refractivity contribution in [1.29, 1.82) is 0 Å². The molecule has 0 aliphatic heterocycles. The van der Waals surface area contributed by atoms with Gasteiger partial charge in [0.25, 0.3) is 0 Å². The van der Waals surface area contributed by atoms with Crippen molar-refractivity contribution in [2.75, 3.05) is 5.32 Å². The van der Waals surface area contributed by atoms with E-state index in [2.05, 4.69) is 22.4 Å². The average Bonchev–Trinajstić information content (AvgIpc) is 3.26. The van der Waals surface area contributed by atoms with E-state index in [0.29, 0.717) is 12.5 Å². The van der Waals surface area contributed by atoms with Crippen LogP contribution in [0.1, 0.15) is 28.4 Å². The molecule has 2 aromatic heterocycles. The highest BCUT2D eigenvalue weighted by Gasteiger charge is 2.27. The summed E-state index contributed by atoms with van der Waals surface area (Å²) in [5.41, 5.74) is 5.45. The van der Waals surface area contributed by atoms with Crippen LogP contribution in [0.15, 0.2) is 77.5 Å². The van der Waals surface area contributed by atoms with Gasteiger partial charge in [0.1, 0.15) is 11.6 Å². The summed E-state index contributed by atoms with van der Waals surface area (Å²) in [4.78, 5) is 9.26. The fourth-order valence-electron chi connectivity index (χ4n) is 3.79. The molecule has 2 heterocycles. The van der Waals surface area contributed by atoms with Gasteiger partial charge >= 0.3 is 0 Å². The van der Waals surface area contributed by atoms with Gasteiger partial charge in [0.2, 0.25) is 5.95 Å². The molecule has 1 N–H and O–H groups in total. The van der Waals surface area contributed by atoms with Gasteiger partial charge in [0.05, 0.1) is 18.5 Å². The number of furan rings is 1. The topological polar surface area (TPSA) is 51.0 Å². The Morgan fingerprint density at radius 1 is 1.04 bits per heavy atom. The van der Waals surface area contributed by atoms with Crippen molar-refractivity contribution < 1.29 is 8.81 Å². The van der Waals surface area contributed by atoms with Gasteiger partial charge in [-0.15, -0.1) is 0 Å². The van der Waals surface area contributed by atoms with Crippen molar-refractivity contribution in [1.82, 2.24) is 9.97 Å². The molecule has 5 heteroatoms. The Kier molecular flexibility index (Phi) is 4.13. The van der Waals surface area contributed by atoms with Gasteiger partial charge in [0.15, 0.2) is 0 Å². The summed E-state index contributed by atoms with van der Waals surface area (Å²) >= 11 is 0. The monoisotopic (exact) mass is 371 g/mol. The van der Waals surface area contributed by atoms with Crippen molar-refractivity contribution in [3.63, 3.8) is 0 Å². The molecule has 0 saturated carbocycles. The SMILES string of the molecule is Fc1ccc(C2Cc3cnc(NCc4ccco4)nc3-c3ccccc32)cc1. The molecule has 4 aromatic rings. The lowest BCUT2D eigenvalue weighted by molar-refractivity contribution is 0.517. The first-order chi connectivity index (χ1) is 13.8. The molecule has 28 heavy (non-hydrogen) atoms. The summed E-state index contributed by atoms with van der Waals surface area (Å²) in [6, 6.07) is 18.8. The highest BCUT2D eigenvalue weighted by Crippen LogP contribution is 2.41. The zero-order valence-corrected chi connectivity index (χ0v) is 15.1. The van der Waals surface area contributed by atoms with E-state index in [1.807, 2.05) is 42.6 Å². The minimum absolute atomic E-state index is 0.162. The van der Waals surface area contributed by atoms with Crippen molar-refractivity contribution in [2.24, 2.45) is 0 Å². The second-order valence-corrected chi connectivity index (χ2v) is 6.90. The van der Waals surface area contributed by atoms with Crippen molar-refractivity contribution >= 4 is 5.95 Å². The van der Waals surface area contributed by atoms with Gasteiger partial charge < -0.3 is 9.73 Å². The first kappa shape index (κ1) is 16.7. The summed E-state index contributed by atoms with van der Waals surface area (Å²) in [5, 5.41) is 3.22. The Morgan fingerprint density at radius 2 is 1.89 bits per heavy atom. The number of aromatic nitrogens is 2. The van der Waals surface area contributed by atoms with Crippen LogP contribution in [-0.2, 0) is 13.0 Å². The number of rotatable bonds is 4. The Balaban J connectivity index is 1.50. The molecule has 0 fully saturated rings. The fraction of sp³-hybridized carbons (Fsp3) is 0.130. The zero-order valence-electron chi connectivity index (χ0n) is 15.1. The van der Waals surface area contributed by atoms with Gasteiger partial charge in [-0.25, -0.2) is 14.4 Å². The van der Waals surface area contributed by atoms with E-state index < -0.39 is 0 Å². The van der Waals surface area contributed by atoms with Crippen LogP contribution < -0.4 is 5.32 Å². The normalized spacial score (nSPS) is 15.0. The molecule has 138 valence electrons. The summed E-state index contributed by atoms with van der Waals surface area (Å²) < 4.78 is 18.7. The molecular formula is C23H18FN3O. The maximum Gasteiger partial charge on any atom is 0.223 e. The number of anilines is 1. The number of fused-ring (bicyclic) bond motifs is 3. The van der Waals surface area contributed by atoms with Crippen LogP contribution in [0.25, 0.3) is 11.3 Å². The Morgan fingerprint density at radius 3 is 2.71 bits per heavy atom. The van der Waals surface area contributed by atoms with Crippen LogP contribution in [0.5, 0.6) is 0 Å². The predicted molar refractivity (Wildman–Crippen MR) is 105 cm³/mol. The summed E-state index contributed by atoms with van der Waals surface area (Å²) in [6.45, 7) is 0.533. The Bertz CT molecular complexity index is 1110. The third kappa shape index (κ3) is 3.05. The van der Waals surface area contributed by atoms with Gasteiger partial charge in [-0.2, -0.15) is 0 Å². The first-order valence-electron chi connectivity index (χ1n) is 9.25. The number of hydrogen-bond acceptors (Lipinski definition) is 4. The molecule has 1 atom stereocenters. The molecule has 5 rings (SSSR count). The summed E-state index contributed by atoms with van der Waals surface area (Å²) in [6.07, 6.45) is 4.33. The molecule has 2 aromatic carbocycles. The van der Waals surface area contributed by atoms with Crippen LogP contribution >= 0.6 is 0 Å². The lowest BCUT2D eigenvalue weighted by atomic mass is 9.78. The number of hydrogen-bond donors (Lipinski definition) is 1. The Hall–Kier alpha value is -3.47. The van der Waals surface area contributed by atoms with Crippen molar-refractivity contribution in [3.8, 4) is 11.3 Å². The van der Waals surface area contributed by atoms with E-state index in [1.165, 1.54) is 17.7 Å². The van der Waals surface area contributed by atoms with Crippen LogP contribution in [0.2, 0.25) is 0 Å². The predicted octanol–water partition coefficient (Wildman–Crippen LogP) is 5.18. The van der Waals surface area contributed by atoms with E-state index in [4.69, 9.17) is 9.40 Å². The van der Waals surface area contributed by atoms with Crippen molar-refractivity contribution in [3.05, 3.63) is 101 Å². The second-order valence-electron chi connectivity index (χ2n) is 6.90. The smallest absolute Gasteiger partial charge is 0.223 e. The van der Waals surface area contributed by atoms with E-state index in [9.17, 15) is 4.39 Å². The minimum atomic E-state index is -0.219. The molecular weight excluding hydrogens is 353 g/mol. The summed E-state index contributed by atoms with van der Waals surface area (Å²) in [7, 11) is 0. The van der Waals surface area contributed by atoms with Crippen LogP contribution in [0, 0.1) is 5.82 Å². The molecule has 0 amide bonds. The lowest BCUT2D eigenvalue weighted by Gasteiger charge is -2.27. The van der Waals surface area contributed by atoms with Crippen LogP contribution in [0.3, 0.4) is 0 Å². The molecule has 0 radical (unpaired) electrons. The standard InChI is InChI=1S/C23H18FN3O/c24-17-9-7-15(8-10-17)21-12-16-13-25-23(26-14-18-4-3-11-28-18)27-22(16)20-6-2-1-5-19(20)21/h1-11,13,21H,12,14H2,(H,25,26,27). The lowest BCUT2D eigenvalue weighted by Crippen LogP contribution is -2.15. The molecule has 0 spiro atoms. The van der Waals surface area contributed by atoms with E-state index in [0.717, 1.165) is 34.6 Å². The van der Waals surface area contributed by atoms with Crippen molar-refractivity contribution in [2.45, 2.75) is 18.9 Å². The maximum absolute atomic E-state index is 13.4. The third-order valence-electron chi connectivity index (χ3n) is 5.15. The minimum Gasteiger partial charge on any atom is -0.467 e. The maximum atomic E-state index is 13.4. The van der Waals surface area contributed by atoms with Crippen LogP contribution in [-0.4, -0.2) is 9.97 Å². The van der Waals surface area contributed by atoms with Gasteiger partial charge in [0, 0.05) is 17.7 Å². The number of benzene rings is 2. The number of halogens is 1. The first-order valence-corrected chi connectivity index (χ1v) is 9.25. The van der Waals surface area contributed by atoms with E-state index in [1.54, 1.807) is 6.26 Å². The highest BCUT2D eigenvalue weighted by molar-refractivity contribution is 5.72. The molecule has 0 bridgehead atoms. The average molecular weight is 371 g/mol. The highest BCUT2D eigenvalue weighted by atomic mass is 19.1. The third-order valence-corrected chi connectivity index (χ3v) is 5.15. The fourth-order valence-corrected chi connectivity index (χ4v) is 3.79. The molecule has 1 aliphatic rings. The molecule has 1 aliphatic carbocycles. The summed E-state index contributed by atoms with van der Waals surface area (Å²) in [5.74, 6) is 1.35. The zero-order chi connectivity index (χ0) is 18.9. The van der Waals surface area contributed by atoms with Gasteiger partial charge in [-0.1, -0.05) is 36.4 Å². The van der Waals surface area contributed by atoms with E-state index >= 15 is 0 Å². The van der Waals surface area contributed by atoms with Gasteiger partial charge in [-0.05, 0) is 47.4 Å². The Labute approximate surface area is 162 Å². The van der Waals surface area contributed by atoms with Crippen LogP contribution in [0.4, 0.5) is 10.3 Å². The largest absolute Gasteiger partial charge is 0.467 e. The number of nitrogens with zero attached hydrogens (tertiary/aromatic N) is 2.